The molecule has 0 saturated heterocycles. The molecule has 59 heavy (non-hydrogen) atoms. The number of furan rings is 1. The third-order valence-electron chi connectivity index (χ3n) is 11.0. The van der Waals surface area contributed by atoms with Gasteiger partial charge in [0.1, 0.15) is 11.2 Å². The van der Waals surface area contributed by atoms with Crippen molar-refractivity contribution in [1.82, 2.24) is 15.0 Å². The maximum absolute atomic E-state index is 6.63. The van der Waals surface area contributed by atoms with Crippen molar-refractivity contribution in [2.75, 3.05) is 0 Å². The van der Waals surface area contributed by atoms with Crippen LogP contribution in [0.15, 0.2) is 199 Å². The van der Waals surface area contributed by atoms with Crippen molar-refractivity contribution in [3.8, 4) is 56.4 Å². The van der Waals surface area contributed by atoms with Crippen molar-refractivity contribution < 1.29 is 4.42 Å². The Labute approximate surface area is 345 Å². The van der Waals surface area contributed by atoms with Gasteiger partial charge in [0.2, 0.25) is 0 Å². The molecule has 0 amide bonds. The fourth-order valence-corrected chi connectivity index (χ4v) is 8.93. The molecule has 11 rings (SSSR count). The molecular formula is C54H35N3OS. The molecule has 4 nitrogen and oxygen atoms in total. The van der Waals surface area contributed by atoms with Crippen LogP contribution in [0.1, 0.15) is 4.88 Å². The number of nitrogens with zero attached hydrogens (tertiary/aromatic N) is 3. The average molecular weight is 774 g/mol. The number of benzene rings is 8. The van der Waals surface area contributed by atoms with Crippen molar-refractivity contribution in [2.24, 2.45) is 0 Å². The molecule has 0 saturated carbocycles. The Balaban J connectivity index is 1.14. The summed E-state index contributed by atoms with van der Waals surface area (Å²) in [6.45, 7) is 2.15. The molecular weight excluding hydrogens is 739 g/mol. The lowest BCUT2D eigenvalue weighted by atomic mass is 9.98. The first-order valence-corrected chi connectivity index (χ1v) is 20.6. The van der Waals surface area contributed by atoms with Gasteiger partial charge < -0.3 is 4.42 Å². The van der Waals surface area contributed by atoms with Crippen molar-refractivity contribution in [3.63, 3.8) is 0 Å². The first-order chi connectivity index (χ1) is 29.1. The number of aryl methyl sites for hydroxylation is 1. The van der Waals surface area contributed by atoms with Crippen LogP contribution in [0.2, 0.25) is 0 Å². The van der Waals surface area contributed by atoms with Crippen molar-refractivity contribution in [2.45, 2.75) is 6.92 Å². The van der Waals surface area contributed by atoms with E-state index >= 15 is 0 Å². The van der Waals surface area contributed by atoms with Crippen LogP contribution in [0.5, 0.6) is 0 Å². The van der Waals surface area contributed by atoms with Crippen LogP contribution in [0.4, 0.5) is 0 Å². The van der Waals surface area contributed by atoms with Crippen LogP contribution in [0.25, 0.3) is 110 Å². The summed E-state index contributed by atoms with van der Waals surface area (Å²) in [6, 6.07) is 68.2. The number of rotatable bonds is 5. The summed E-state index contributed by atoms with van der Waals surface area (Å²) >= 11 is 1.78. The predicted octanol–water partition coefficient (Wildman–Crippen LogP) is 15.1. The van der Waals surface area contributed by atoms with E-state index in [4.69, 9.17) is 19.4 Å². The van der Waals surface area contributed by atoms with Crippen LogP contribution in [-0.2, 0) is 0 Å². The first-order valence-electron chi connectivity index (χ1n) is 19.7. The van der Waals surface area contributed by atoms with Crippen molar-refractivity contribution >= 4 is 64.9 Å². The van der Waals surface area contributed by atoms with E-state index in [-0.39, 0.29) is 0 Å². The minimum Gasteiger partial charge on any atom is -0.456 e. The topological polar surface area (TPSA) is 51.8 Å². The van der Waals surface area contributed by atoms with Crippen LogP contribution in [-0.4, -0.2) is 15.0 Å². The largest absolute Gasteiger partial charge is 0.456 e. The summed E-state index contributed by atoms with van der Waals surface area (Å²) in [6.07, 6.45) is 0. The van der Waals surface area contributed by atoms with Gasteiger partial charge in [0.05, 0.1) is 0 Å². The first kappa shape index (κ1) is 34.8. The summed E-state index contributed by atoms with van der Waals surface area (Å²) in [7, 11) is 0. The molecule has 3 heterocycles. The lowest BCUT2D eigenvalue weighted by Gasteiger charge is -2.12. The lowest BCUT2D eigenvalue weighted by Crippen LogP contribution is -2.01. The van der Waals surface area contributed by atoms with Crippen molar-refractivity contribution in [3.05, 3.63) is 199 Å². The number of para-hydroxylation sites is 1. The normalized spacial score (nSPS) is 11.5. The predicted molar refractivity (Wildman–Crippen MR) is 247 cm³/mol. The van der Waals surface area contributed by atoms with Gasteiger partial charge in [0, 0.05) is 37.0 Å². The van der Waals surface area contributed by atoms with Crippen LogP contribution >= 0.6 is 11.3 Å². The molecule has 278 valence electrons. The zero-order valence-electron chi connectivity index (χ0n) is 32.1. The smallest absolute Gasteiger partial charge is 0.164 e. The Morgan fingerprint density at radius 2 is 0.932 bits per heavy atom. The molecule has 0 atom stereocenters. The average Bonchev–Trinajstić information content (AvgIpc) is 3.70. The molecule has 0 unspecified atom stereocenters. The number of aromatic nitrogens is 3. The zero-order chi connectivity index (χ0) is 39.3. The fourth-order valence-electron chi connectivity index (χ4n) is 8.04. The van der Waals surface area contributed by atoms with E-state index in [0.29, 0.717) is 17.5 Å². The van der Waals surface area contributed by atoms with E-state index in [0.717, 1.165) is 77.0 Å². The van der Waals surface area contributed by atoms with Gasteiger partial charge in [-0.25, -0.2) is 15.0 Å². The van der Waals surface area contributed by atoms with E-state index in [2.05, 4.69) is 189 Å². The Morgan fingerprint density at radius 1 is 0.373 bits per heavy atom. The minimum atomic E-state index is 0.578. The third kappa shape index (κ3) is 6.58. The zero-order valence-corrected chi connectivity index (χ0v) is 32.9. The summed E-state index contributed by atoms with van der Waals surface area (Å²) < 4.78 is 7.84. The molecule has 3 aromatic heterocycles. The van der Waals surface area contributed by atoms with Gasteiger partial charge in [-0.05, 0) is 105 Å². The third-order valence-corrected chi connectivity index (χ3v) is 12.1. The van der Waals surface area contributed by atoms with Crippen LogP contribution in [0, 0.1) is 6.92 Å². The van der Waals surface area contributed by atoms with Gasteiger partial charge in [0.15, 0.2) is 17.5 Å². The fraction of sp³-hybridized carbons (Fsp3) is 0.0185. The summed E-state index contributed by atoms with van der Waals surface area (Å²) in [5, 5.41) is 7.87. The Kier molecular flexibility index (Phi) is 8.53. The van der Waals surface area contributed by atoms with E-state index in [9.17, 15) is 0 Å². The molecule has 0 radical (unpaired) electrons. The van der Waals surface area contributed by atoms with E-state index in [1.807, 2.05) is 12.1 Å². The molecule has 0 aliphatic rings. The number of fused-ring (bicyclic) bond motifs is 6. The van der Waals surface area contributed by atoms with E-state index < -0.39 is 0 Å². The Hall–Kier alpha value is -7.47. The molecule has 0 bridgehead atoms. The molecule has 0 aliphatic heterocycles. The maximum atomic E-state index is 6.63. The highest BCUT2D eigenvalue weighted by molar-refractivity contribution is 7.18. The van der Waals surface area contributed by atoms with Gasteiger partial charge in [0.25, 0.3) is 0 Å². The highest BCUT2D eigenvalue weighted by Gasteiger charge is 2.20. The second-order valence-corrected chi connectivity index (χ2v) is 16.2. The highest BCUT2D eigenvalue weighted by Crippen LogP contribution is 2.40. The summed E-state index contributed by atoms with van der Waals surface area (Å²) in [5.74, 6) is 1.78. The molecule has 0 fully saturated rings. The lowest BCUT2D eigenvalue weighted by molar-refractivity contribution is 0.669. The summed E-state index contributed by atoms with van der Waals surface area (Å²) in [4.78, 5) is 17.0. The summed E-state index contributed by atoms with van der Waals surface area (Å²) in [5.41, 5.74) is 8.64. The Morgan fingerprint density at radius 3 is 1.71 bits per heavy atom. The molecule has 0 spiro atoms. The SMILES string of the molecule is Cc1cccc(-c2cc(-c3nc(-c4ccc(-c5ccc6ccccc6c5)cc4)nc(-c4ccc5ccccc5c4)n3)c3c(c2)oc2ccccc23)cc2ccccc2s1. The van der Waals surface area contributed by atoms with Crippen LogP contribution < -0.4 is 0 Å². The second kappa shape index (κ2) is 14.5. The maximum Gasteiger partial charge on any atom is 0.164 e. The molecule has 11 aromatic rings. The van der Waals surface area contributed by atoms with Gasteiger partial charge in [-0.1, -0.05) is 146 Å². The molecule has 0 N–H and O–H groups in total. The second-order valence-electron chi connectivity index (χ2n) is 14.9. The van der Waals surface area contributed by atoms with Crippen LogP contribution in [0.3, 0.4) is 0 Å². The number of hydrogen-bond acceptors (Lipinski definition) is 5. The van der Waals surface area contributed by atoms with Crippen molar-refractivity contribution in [1.29, 1.82) is 0 Å². The molecule has 8 aromatic carbocycles. The number of hydrogen-bond donors (Lipinski definition) is 0. The van der Waals surface area contributed by atoms with Gasteiger partial charge in [-0.2, -0.15) is 0 Å². The van der Waals surface area contributed by atoms with E-state index in [1.54, 1.807) is 11.3 Å². The monoisotopic (exact) mass is 773 g/mol. The standard InChI is InChI=1S/C54H35N3OS/c1-34-11-10-17-41(30-43-16-6-9-20-50(43)59-34)45-32-47(51-46-18-7-8-19-48(46)58-49(51)33-45)54-56-52(55-53(57-54)44-28-24-36-13-3-5-15-40(36)31-44)38-25-21-37(22-26-38)42-27-23-35-12-2-4-14-39(35)29-42/h2-33H,1H3. The quantitative estimate of drug-likeness (QED) is 0.175. The van der Waals surface area contributed by atoms with Gasteiger partial charge >= 0.3 is 0 Å². The van der Waals surface area contributed by atoms with E-state index in [1.165, 1.54) is 20.3 Å². The highest BCUT2D eigenvalue weighted by atomic mass is 32.1. The van der Waals surface area contributed by atoms with Gasteiger partial charge in [-0.3, -0.25) is 0 Å². The molecule has 0 aliphatic carbocycles. The Bertz CT molecular complexity index is 3470. The van der Waals surface area contributed by atoms with Gasteiger partial charge in [-0.15, -0.1) is 11.3 Å². The molecule has 5 heteroatoms. The minimum absolute atomic E-state index is 0.578.